The van der Waals surface area contributed by atoms with Crippen LogP contribution in [0.4, 0.5) is 0 Å². The lowest BCUT2D eigenvalue weighted by Gasteiger charge is -2.29. The normalized spacial score (nSPS) is 13.5. The van der Waals surface area contributed by atoms with E-state index in [1.54, 1.807) is 26.0 Å². The maximum Gasteiger partial charge on any atom is 0.252 e. The second-order valence-corrected chi connectivity index (χ2v) is 5.31. The number of aliphatic hydroxyl groups is 1. The van der Waals surface area contributed by atoms with Crippen LogP contribution in [-0.4, -0.2) is 22.7 Å². The zero-order valence-corrected chi connectivity index (χ0v) is 12.1. The second-order valence-electron chi connectivity index (χ2n) is 5.31. The van der Waals surface area contributed by atoms with Crippen molar-refractivity contribution in [2.45, 2.75) is 19.4 Å². The van der Waals surface area contributed by atoms with Crippen LogP contribution >= 0.6 is 0 Å². The van der Waals surface area contributed by atoms with E-state index in [0.717, 1.165) is 5.56 Å². The summed E-state index contributed by atoms with van der Waals surface area (Å²) in [5.74, 6) is -0.141. The van der Waals surface area contributed by atoms with E-state index >= 15 is 0 Å². The highest BCUT2D eigenvalue weighted by Gasteiger charge is 2.28. The van der Waals surface area contributed by atoms with E-state index in [4.69, 9.17) is 0 Å². The van der Waals surface area contributed by atoms with Gasteiger partial charge in [0.25, 0.3) is 5.91 Å². The first kappa shape index (κ1) is 15.1. The van der Waals surface area contributed by atoms with Crippen LogP contribution < -0.4 is 5.32 Å². The Balaban J connectivity index is 2.26. The molecule has 0 spiro atoms. The van der Waals surface area contributed by atoms with Crippen molar-refractivity contribution in [1.82, 2.24) is 5.32 Å². The van der Waals surface area contributed by atoms with Gasteiger partial charge in [-0.1, -0.05) is 30.3 Å². The molecule has 0 saturated heterocycles. The number of carbonyl (C=O) groups excluding carboxylic acids is 1. The minimum atomic E-state index is -0.857. The van der Waals surface area contributed by atoms with Crippen molar-refractivity contribution in [3.05, 3.63) is 65.2 Å². The molecule has 0 saturated carbocycles. The van der Waals surface area contributed by atoms with Gasteiger partial charge >= 0.3 is 0 Å². The summed E-state index contributed by atoms with van der Waals surface area (Å²) >= 11 is 0. The maximum absolute atomic E-state index is 12.4. The number of benzene rings is 2. The Labute approximate surface area is 124 Å². The van der Waals surface area contributed by atoms with Gasteiger partial charge < -0.3 is 15.5 Å². The summed E-state index contributed by atoms with van der Waals surface area (Å²) in [5, 5.41) is 22.0. The van der Waals surface area contributed by atoms with Crippen LogP contribution in [0, 0.1) is 6.92 Å². The number of aromatic hydroxyl groups is 1. The number of phenolic OH excluding ortho intramolecular Hbond substituents is 1. The number of amides is 1. The van der Waals surface area contributed by atoms with E-state index in [1.165, 1.54) is 6.07 Å². The smallest absolute Gasteiger partial charge is 0.252 e. The highest BCUT2D eigenvalue weighted by molar-refractivity contribution is 5.95. The number of carbonyl (C=O) groups is 1. The average Bonchev–Trinajstić information content (AvgIpc) is 2.50. The molecule has 21 heavy (non-hydrogen) atoms. The average molecular weight is 285 g/mol. The minimum Gasteiger partial charge on any atom is -0.508 e. The molecule has 0 fully saturated rings. The number of phenols is 1. The SMILES string of the molecule is Cc1cc(C(=O)NC(C)(CO)c2ccccc2)ccc1O. The fraction of sp³-hybridized carbons (Fsp3) is 0.235. The summed E-state index contributed by atoms with van der Waals surface area (Å²) < 4.78 is 0. The Bertz CT molecular complexity index is 640. The lowest BCUT2D eigenvalue weighted by molar-refractivity contribution is 0.0849. The maximum atomic E-state index is 12.4. The molecule has 4 heteroatoms. The molecule has 0 bridgehead atoms. The lowest BCUT2D eigenvalue weighted by atomic mass is 9.92. The van der Waals surface area contributed by atoms with Gasteiger partial charge in [0.2, 0.25) is 0 Å². The van der Waals surface area contributed by atoms with Crippen molar-refractivity contribution in [3.8, 4) is 5.75 Å². The standard InChI is InChI=1S/C17H19NO3/c1-12-10-13(8-9-15(12)20)16(21)18-17(2,11-19)14-6-4-3-5-7-14/h3-10,19-20H,11H2,1-2H3,(H,18,21). The van der Waals surface area contributed by atoms with Gasteiger partial charge in [-0.05, 0) is 43.2 Å². The molecular formula is C17H19NO3. The van der Waals surface area contributed by atoms with Crippen molar-refractivity contribution >= 4 is 5.91 Å². The van der Waals surface area contributed by atoms with Gasteiger partial charge in [0.15, 0.2) is 0 Å². The van der Waals surface area contributed by atoms with Gasteiger partial charge in [-0.3, -0.25) is 4.79 Å². The van der Waals surface area contributed by atoms with Gasteiger partial charge in [-0.2, -0.15) is 0 Å². The van der Waals surface area contributed by atoms with Gasteiger partial charge in [0.05, 0.1) is 12.1 Å². The molecule has 2 aromatic carbocycles. The number of aryl methyl sites for hydroxylation is 1. The molecule has 0 heterocycles. The molecule has 4 nitrogen and oxygen atoms in total. The predicted octanol–water partition coefficient (Wildman–Crippen LogP) is 2.34. The van der Waals surface area contributed by atoms with Gasteiger partial charge in [0, 0.05) is 5.56 Å². The Morgan fingerprint density at radius 1 is 1.19 bits per heavy atom. The number of hydrogen-bond acceptors (Lipinski definition) is 3. The second kappa shape index (κ2) is 5.97. The number of rotatable bonds is 4. The van der Waals surface area contributed by atoms with E-state index in [9.17, 15) is 15.0 Å². The van der Waals surface area contributed by atoms with Crippen LogP contribution in [0.15, 0.2) is 48.5 Å². The van der Waals surface area contributed by atoms with Crippen molar-refractivity contribution < 1.29 is 15.0 Å². The lowest BCUT2D eigenvalue weighted by Crippen LogP contribution is -2.46. The summed E-state index contributed by atoms with van der Waals surface area (Å²) in [5.41, 5.74) is 1.05. The number of aliphatic hydroxyl groups excluding tert-OH is 1. The topological polar surface area (TPSA) is 69.6 Å². The molecule has 3 N–H and O–H groups in total. The molecule has 110 valence electrons. The molecule has 2 aromatic rings. The molecule has 1 unspecified atom stereocenters. The Hall–Kier alpha value is -2.33. The first-order valence-electron chi connectivity index (χ1n) is 6.75. The van der Waals surface area contributed by atoms with Crippen LogP contribution in [0.3, 0.4) is 0 Å². The van der Waals surface area contributed by atoms with Gasteiger partial charge in [-0.15, -0.1) is 0 Å². The monoisotopic (exact) mass is 285 g/mol. The van der Waals surface area contributed by atoms with Crippen molar-refractivity contribution in [2.24, 2.45) is 0 Å². The summed E-state index contributed by atoms with van der Waals surface area (Å²) in [7, 11) is 0. The highest BCUT2D eigenvalue weighted by atomic mass is 16.3. The van der Waals surface area contributed by atoms with Crippen LogP contribution in [-0.2, 0) is 5.54 Å². The summed E-state index contributed by atoms with van der Waals surface area (Å²) in [6, 6.07) is 14.0. The Morgan fingerprint density at radius 3 is 2.43 bits per heavy atom. The summed E-state index contributed by atoms with van der Waals surface area (Å²) in [4.78, 5) is 12.4. The molecule has 0 aromatic heterocycles. The first-order valence-corrected chi connectivity index (χ1v) is 6.75. The Morgan fingerprint density at radius 2 is 1.86 bits per heavy atom. The van der Waals surface area contributed by atoms with E-state index in [2.05, 4.69) is 5.32 Å². The van der Waals surface area contributed by atoms with Crippen molar-refractivity contribution in [1.29, 1.82) is 0 Å². The number of hydrogen-bond donors (Lipinski definition) is 3. The Kier molecular flexibility index (Phi) is 4.29. The van der Waals surface area contributed by atoms with Crippen LogP contribution in [0.25, 0.3) is 0 Å². The molecule has 0 aliphatic rings. The third kappa shape index (κ3) is 3.23. The van der Waals surface area contributed by atoms with Crippen LogP contribution in [0.5, 0.6) is 5.75 Å². The zero-order valence-electron chi connectivity index (χ0n) is 12.1. The third-order valence-electron chi connectivity index (χ3n) is 3.58. The fourth-order valence-corrected chi connectivity index (χ4v) is 2.13. The predicted molar refractivity (Wildman–Crippen MR) is 81.2 cm³/mol. The quantitative estimate of drug-likeness (QED) is 0.807. The third-order valence-corrected chi connectivity index (χ3v) is 3.58. The molecule has 1 amide bonds. The van der Waals surface area contributed by atoms with E-state index in [-0.39, 0.29) is 18.3 Å². The van der Waals surface area contributed by atoms with E-state index < -0.39 is 5.54 Å². The highest BCUT2D eigenvalue weighted by Crippen LogP contribution is 2.22. The summed E-state index contributed by atoms with van der Waals surface area (Å²) in [6.07, 6.45) is 0. The minimum absolute atomic E-state index is 0.152. The molecule has 0 aliphatic heterocycles. The largest absolute Gasteiger partial charge is 0.508 e. The van der Waals surface area contributed by atoms with Gasteiger partial charge in [0.1, 0.15) is 5.75 Å². The number of nitrogens with one attached hydrogen (secondary N) is 1. The summed E-state index contributed by atoms with van der Waals surface area (Å²) in [6.45, 7) is 3.29. The van der Waals surface area contributed by atoms with Crippen molar-refractivity contribution in [3.63, 3.8) is 0 Å². The molecule has 0 aliphatic carbocycles. The van der Waals surface area contributed by atoms with E-state index in [0.29, 0.717) is 11.1 Å². The zero-order chi connectivity index (χ0) is 15.5. The van der Waals surface area contributed by atoms with Crippen LogP contribution in [0.1, 0.15) is 28.4 Å². The first-order chi connectivity index (χ1) is 9.96. The molecular weight excluding hydrogens is 266 g/mol. The molecule has 1 atom stereocenters. The van der Waals surface area contributed by atoms with E-state index in [1.807, 2.05) is 30.3 Å². The fourth-order valence-electron chi connectivity index (χ4n) is 2.13. The van der Waals surface area contributed by atoms with Gasteiger partial charge in [-0.25, -0.2) is 0 Å². The van der Waals surface area contributed by atoms with Crippen molar-refractivity contribution in [2.75, 3.05) is 6.61 Å². The molecule has 2 rings (SSSR count). The molecule has 0 radical (unpaired) electrons. The van der Waals surface area contributed by atoms with Crippen LogP contribution in [0.2, 0.25) is 0 Å².